The van der Waals surface area contributed by atoms with Crippen LogP contribution in [0.2, 0.25) is 0 Å². The number of rotatable bonds is 2. The first-order valence-corrected chi connectivity index (χ1v) is 12.5. The van der Waals surface area contributed by atoms with Crippen LogP contribution in [0.5, 0.6) is 0 Å². The zero-order chi connectivity index (χ0) is 25.5. The van der Waals surface area contributed by atoms with Gasteiger partial charge in [0.05, 0.1) is 39.3 Å². The highest BCUT2D eigenvalue weighted by Crippen LogP contribution is 2.41. The third-order valence-electron chi connectivity index (χ3n) is 8.03. The molecule has 0 spiro atoms. The third-order valence-corrected chi connectivity index (χ3v) is 8.03. The minimum Gasteiger partial charge on any atom is -0.455 e. The Bertz CT molecular complexity index is 1910. The molecule has 0 N–H and O–H groups in total. The molecular weight excluding hydrogens is 459 g/mol. The fourth-order valence-corrected chi connectivity index (χ4v) is 5.46. The van der Waals surface area contributed by atoms with E-state index < -0.39 is 18.3 Å². The maximum Gasteiger partial charge on any atom is 0.494 e. The van der Waals surface area contributed by atoms with Crippen molar-refractivity contribution in [3.05, 3.63) is 84.4 Å². The van der Waals surface area contributed by atoms with Crippen LogP contribution in [0.4, 0.5) is 0 Å². The van der Waals surface area contributed by atoms with E-state index >= 15 is 0 Å². The zero-order valence-electron chi connectivity index (χ0n) is 21.2. The largest absolute Gasteiger partial charge is 0.494 e. The minimum atomic E-state index is -0.563. The topological polar surface area (TPSA) is 60.3 Å². The van der Waals surface area contributed by atoms with Gasteiger partial charge in [0.25, 0.3) is 0 Å². The second-order valence-corrected chi connectivity index (χ2v) is 10.8. The Morgan fingerprint density at radius 3 is 2.22 bits per heavy atom. The number of benzene rings is 4. The zero-order valence-corrected chi connectivity index (χ0v) is 21.2. The Morgan fingerprint density at radius 2 is 1.46 bits per heavy atom. The van der Waals surface area contributed by atoms with E-state index in [0.717, 1.165) is 54.9 Å². The Hall–Kier alpha value is -4.05. The number of nitrogens with zero attached hydrogens (tertiary/aromatic N) is 2. The van der Waals surface area contributed by atoms with E-state index in [0.29, 0.717) is 5.56 Å². The molecule has 0 unspecified atom stereocenters. The first-order chi connectivity index (χ1) is 17.8. The highest BCUT2D eigenvalue weighted by molar-refractivity contribution is 6.62. The van der Waals surface area contributed by atoms with Crippen LogP contribution in [0, 0.1) is 11.3 Å². The van der Waals surface area contributed by atoms with Crippen LogP contribution in [0.25, 0.3) is 49.4 Å². The fraction of sp³-hybridized carbons (Fsp3) is 0.194. The predicted molar refractivity (Wildman–Crippen MR) is 148 cm³/mol. The fourth-order valence-electron chi connectivity index (χ4n) is 5.46. The summed E-state index contributed by atoms with van der Waals surface area (Å²) in [5.41, 5.74) is 5.11. The quantitative estimate of drug-likeness (QED) is 0.252. The maximum absolute atomic E-state index is 9.92. The van der Waals surface area contributed by atoms with Crippen LogP contribution in [0.3, 0.4) is 0 Å². The Morgan fingerprint density at radius 1 is 0.757 bits per heavy atom. The van der Waals surface area contributed by atoms with Crippen molar-refractivity contribution in [1.82, 2.24) is 4.57 Å². The number of para-hydroxylation sites is 2. The average molecular weight is 484 g/mol. The molecular formula is C31H25BN2O3. The summed E-state index contributed by atoms with van der Waals surface area (Å²) in [6.07, 6.45) is 0. The molecule has 2 aromatic heterocycles. The molecule has 1 aliphatic rings. The lowest BCUT2D eigenvalue weighted by molar-refractivity contribution is 0.00578. The number of hydrogen-bond acceptors (Lipinski definition) is 4. The van der Waals surface area contributed by atoms with Gasteiger partial charge in [0, 0.05) is 21.8 Å². The van der Waals surface area contributed by atoms with Gasteiger partial charge in [-0.2, -0.15) is 5.26 Å². The molecule has 7 rings (SSSR count). The van der Waals surface area contributed by atoms with E-state index in [1.54, 1.807) is 0 Å². The van der Waals surface area contributed by atoms with E-state index in [1.807, 2.05) is 64.1 Å². The summed E-state index contributed by atoms with van der Waals surface area (Å²) in [5.74, 6) is 0. The smallest absolute Gasteiger partial charge is 0.455 e. The van der Waals surface area contributed by atoms with Crippen molar-refractivity contribution in [2.75, 3.05) is 0 Å². The molecule has 3 heterocycles. The van der Waals surface area contributed by atoms with Gasteiger partial charge in [-0.15, -0.1) is 0 Å². The van der Waals surface area contributed by atoms with Gasteiger partial charge in [0.2, 0.25) is 0 Å². The minimum absolute atomic E-state index is 0.472. The normalized spacial score (nSPS) is 16.8. The molecule has 0 bridgehead atoms. The molecule has 1 saturated heterocycles. The standard InChI is InChI=1S/C31H25BN2O3/c1-30(2)31(3,4)37-32(36-30)20-15-19(18-33)16-21(17-20)34-25-11-7-5-10-24(25)28-26(34)14-13-23-22-9-6-8-12-27(22)35-29(23)28/h5-17H,1-4H3. The molecule has 1 fully saturated rings. The molecule has 0 aliphatic carbocycles. The van der Waals surface area contributed by atoms with Crippen LogP contribution < -0.4 is 5.46 Å². The number of nitriles is 1. The van der Waals surface area contributed by atoms with Crippen LogP contribution in [-0.4, -0.2) is 22.9 Å². The summed E-state index contributed by atoms with van der Waals surface area (Å²) >= 11 is 0. The van der Waals surface area contributed by atoms with E-state index in [2.05, 4.69) is 53.1 Å². The van der Waals surface area contributed by atoms with E-state index in [9.17, 15) is 5.26 Å². The van der Waals surface area contributed by atoms with Crippen molar-refractivity contribution in [1.29, 1.82) is 5.26 Å². The lowest BCUT2D eigenvalue weighted by atomic mass is 9.78. The van der Waals surface area contributed by atoms with Crippen LogP contribution in [0.15, 0.2) is 83.3 Å². The van der Waals surface area contributed by atoms with Gasteiger partial charge in [-0.05, 0) is 75.6 Å². The van der Waals surface area contributed by atoms with Crippen molar-refractivity contribution in [2.45, 2.75) is 38.9 Å². The molecule has 37 heavy (non-hydrogen) atoms. The van der Waals surface area contributed by atoms with Crippen LogP contribution in [-0.2, 0) is 9.31 Å². The van der Waals surface area contributed by atoms with Gasteiger partial charge in [-0.3, -0.25) is 0 Å². The lowest BCUT2D eigenvalue weighted by Gasteiger charge is -2.32. The molecule has 5 nitrogen and oxygen atoms in total. The van der Waals surface area contributed by atoms with Gasteiger partial charge >= 0.3 is 7.12 Å². The summed E-state index contributed by atoms with van der Waals surface area (Å²) in [6, 6.07) is 28.9. The number of aromatic nitrogens is 1. The molecule has 4 aromatic carbocycles. The van der Waals surface area contributed by atoms with Gasteiger partial charge in [0.15, 0.2) is 0 Å². The second-order valence-electron chi connectivity index (χ2n) is 10.8. The van der Waals surface area contributed by atoms with Crippen molar-refractivity contribution in [3.63, 3.8) is 0 Å². The summed E-state index contributed by atoms with van der Waals surface area (Å²) < 4.78 is 21.3. The predicted octanol–water partition coefficient (Wildman–Crippen LogP) is 6.85. The van der Waals surface area contributed by atoms with Gasteiger partial charge in [0.1, 0.15) is 11.2 Å². The summed E-state index contributed by atoms with van der Waals surface area (Å²) in [6.45, 7) is 8.14. The number of hydrogen-bond donors (Lipinski definition) is 0. The van der Waals surface area contributed by atoms with Crippen LogP contribution >= 0.6 is 0 Å². The third kappa shape index (κ3) is 3.11. The maximum atomic E-state index is 9.92. The summed E-state index contributed by atoms with van der Waals surface area (Å²) in [4.78, 5) is 0. The van der Waals surface area contributed by atoms with Crippen molar-refractivity contribution in [2.24, 2.45) is 0 Å². The molecule has 0 amide bonds. The number of furan rings is 1. The molecule has 0 saturated carbocycles. The highest BCUT2D eigenvalue weighted by Gasteiger charge is 2.51. The van der Waals surface area contributed by atoms with Crippen molar-refractivity contribution < 1.29 is 13.7 Å². The summed E-state index contributed by atoms with van der Waals surface area (Å²) in [7, 11) is -0.563. The Labute approximate surface area is 214 Å². The second kappa shape index (κ2) is 7.49. The van der Waals surface area contributed by atoms with Crippen LogP contribution in [0.1, 0.15) is 33.3 Å². The average Bonchev–Trinajstić information content (AvgIpc) is 3.50. The molecule has 6 heteroatoms. The molecule has 0 radical (unpaired) electrons. The molecule has 180 valence electrons. The van der Waals surface area contributed by atoms with Gasteiger partial charge in [-0.25, -0.2) is 0 Å². The molecule has 1 aliphatic heterocycles. The Balaban J connectivity index is 1.52. The molecule has 0 atom stereocenters. The van der Waals surface area contributed by atoms with Gasteiger partial charge in [-0.1, -0.05) is 36.4 Å². The van der Waals surface area contributed by atoms with Crippen molar-refractivity contribution in [3.8, 4) is 11.8 Å². The monoisotopic (exact) mass is 484 g/mol. The van der Waals surface area contributed by atoms with Crippen molar-refractivity contribution >= 4 is 56.3 Å². The summed E-state index contributed by atoms with van der Waals surface area (Å²) in [5, 5.41) is 14.3. The Kier molecular flexibility index (Phi) is 4.49. The molecule has 6 aromatic rings. The van der Waals surface area contributed by atoms with E-state index in [-0.39, 0.29) is 0 Å². The van der Waals surface area contributed by atoms with E-state index in [1.165, 1.54) is 0 Å². The first kappa shape index (κ1) is 22.2. The lowest BCUT2D eigenvalue weighted by Crippen LogP contribution is -2.41. The highest BCUT2D eigenvalue weighted by atomic mass is 16.7. The first-order valence-electron chi connectivity index (χ1n) is 12.5. The van der Waals surface area contributed by atoms with E-state index in [4.69, 9.17) is 13.7 Å². The SMILES string of the molecule is CC1(C)OB(c2cc(C#N)cc(-n3c4ccccc4c4c5oc6ccccc6c5ccc43)c2)OC1(C)C. The number of fused-ring (bicyclic) bond motifs is 7. The van der Waals surface area contributed by atoms with Gasteiger partial charge < -0.3 is 18.3 Å².